The van der Waals surface area contributed by atoms with Crippen molar-refractivity contribution in [3.63, 3.8) is 0 Å². The molecule has 1 atom stereocenters. The summed E-state index contributed by atoms with van der Waals surface area (Å²) >= 11 is 0. The number of amides is 4. The number of carbonyl (C=O) groups is 5. The van der Waals surface area contributed by atoms with Gasteiger partial charge in [-0.05, 0) is 18.6 Å². The van der Waals surface area contributed by atoms with Crippen LogP contribution in [0.25, 0.3) is 0 Å². The number of benzene rings is 1. The van der Waals surface area contributed by atoms with E-state index in [1.807, 2.05) is 0 Å². The summed E-state index contributed by atoms with van der Waals surface area (Å²) in [5.41, 5.74) is -0.154. The molecule has 140 valence electrons. The number of hydrogen-bond donors (Lipinski definition) is 2. The standard InChI is InChI=1S/C17H14FN3O6/c18-10-3-8-9(4-12(10)20-5-7(6-20)17(26)27)16(25)21(15(8)24)11-1-2-13(22)19-14(11)23/h3-4,7,11H,1-2,5-6H2,(H,26,27)(H,19,22,23). The second-order valence-corrected chi connectivity index (χ2v) is 6.74. The lowest BCUT2D eigenvalue weighted by atomic mass is 9.98. The lowest BCUT2D eigenvalue weighted by molar-refractivity contribution is -0.142. The third-order valence-electron chi connectivity index (χ3n) is 5.08. The van der Waals surface area contributed by atoms with Gasteiger partial charge in [-0.2, -0.15) is 0 Å². The molecule has 27 heavy (non-hydrogen) atoms. The Bertz CT molecular complexity index is 923. The van der Waals surface area contributed by atoms with Crippen molar-refractivity contribution in [2.24, 2.45) is 5.92 Å². The van der Waals surface area contributed by atoms with Crippen LogP contribution < -0.4 is 10.2 Å². The van der Waals surface area contributed by atoms with Gasteiger partial charge in [0.2, 0.25) is 11.8 Å². The fourth-order valence-electron chi connectivity index (χ4n) is 3.55. The molecule has 3 aliphatic rings. The molecule has 2 fully saturated rings. The summed E-state index contributed by atoms with van der Waals surface area (Å²) in [4.78, 5) is 61.7. The van der Waals surface area contributed by atoms with Gasteiger partial charge in [-0.3, -0.25) is 34.2 Å². The zero-order chi connectivity index (χ0) is 19.5. The highest BCUT2D eigenvalue weighted by Gasteiger charge is 2.45. The highest BCUT2D eigenvalue weighted by Crippen LogP contribution is 2.34. The van der Waals surface area contributed by atoms with Crippen molar-refractivity contribution in [1.82, 2.24) is 10.2 Å². The van der Waals surface area contributed by atoms with E-state index in [2.05, 4.69) is 5.32 Å². The first-order chi connectivity index (χ1) is 12.8. The van der Waals surface area contributed by atoms with Gasteiger partial charge in [0, 0.05) is 19.5 Å². The zero-order valence-electron chi connectivity index (χ0n) is 13.9. The molecule has 9 nitrogen and oxygen atoms in total. The number of carboxylic acids is 1. The lowest BCUT2D eigenvalue weighted by Crippen LogP contribution is -2.54. The van der Waals surface area contributed by atoms with Gasteiger partial charge >= 0.3 is 5.97 Å². The number of halogens is 1. The van der Waals surface area contributed by atoms with Crippen LogP contribution >= 0.6 is 0 Å². The highest BCUT2D eigenvalue weighted by atomic mass is 19.1. The number of anilines is 1. The first-order valence-corrected chi connectivity index (χ1v) is 8.31. The molecule has 0 aliphatic carbocycles. The van der Waals surface area contributed by atoms with Gasteiger partial charge in [0.15, 0.2) is 0 Å². The minimum Gasteiger partial charge on any atom is -0.481 e. The predicted octanol–water partition coefficient (Wildman–Crippen LogP) is -0.252. The van der Waals surface area contributed by atoms with Crippen molar-refractivity contribution in [3.8, 4) is 0 Å². The van der Waals surface area contributed by atoms with Gasteiger partial charge in [0.05, 0.1) is 22.7 Å². The van der Waals surface area contributed by atoms with Crippen LogP contribution in [0.4, 0.5) is 10.1 Å². The molecule has 2 N–H and O–H groups in total. The summed E-state index contributed by atoms with van der Waals surface area (Å²) in [6, 6.07) is 1.03. The molecule has 0 aromatic heterocycles. The Labute approximate surface area is 151 Å². The summed E-state index contributed by atoms with van der Waals surface area (Å²) in [6.07, 6.45) is 0.00562. The molecular weight excluding hydrogens is 361 g/mol. The van der Waals surface area contributed by atoms with Crippen LogP contribution in [0.1, 0.15) is 33.6 Å². The Balaban J connectivity index is 1.63. The molecule has 0 spiro atoms. The SMILES string of the molecule is O=C1CCC(N2C(=O)c3cc(F)c(N4CC(C(=O)O)C4)cc3C2=O)C(=O)N1. The number of piperidine rings is 1. The Hall–Kier alpha value is -3.30. The van der Waals surface area contributed by atoms with E-state index in [0.717, 1.165) is 11.0 Å². The number of aliphatic carboxylic acids is 1. The largest absolute Gasteiger partial charge is 0.481 e. The molecular formula is C17H14FN3O6. The molecule has 2 saturated heterocycles. The third kappa shape index (κ3) is 2.56. The molecule has 1 aromatic carbocycles. The first kappa shape index (κ1) is 17.1. The summed E-state index contributed by atoms with van der Waals surface area (Å²) < 4.78 is 14.4. The van der Waals surface area contributed by atoms with E-state index < -0.39 is 47.4 Å². The maximum atomic E-state index is 14.4. The van der Waals surface area contributed by atoms with Crippen molar-refractivity contribution in [1.29, 1.82) is 0 Å². The number of rotatable bonds is 3. The van der Waals surface area contributed by atoms with Crippen LogP contribution in [-0.2, 0) is 14.4 Å². The monoisotopic (exact) mass is 375 g/mol. The van der Waals surface area contributed by atoms with Crippen LogP contribution in [0, 0.1) is 11.7 Å². The fraction of sp³-hybridized carbons (Fsp3) is 0.353. The van der Waals surface area contributed by atoms with Crippen LogP contribution in [0.5, 0.6) is 0 Å². The van der Waals surface area contributed by atoms with Crippen molar-refractivity contribution in [2.75, 3.05) is 18.0 Å². The second-order valence-electron chi connectivity index (χ2n) is 6.74. The summed E-state index contributed by atoms with van der Waals surface area (Å²) in [7, 11) is 0. The Morgan fingerprint density at radius 2 is 1.74 bits per heavy atom. The summed E-state index contributed by atoms with van der Waals surface area (Å²) in [5, 5.41) is 11.0. The zero-order valence-corrected chi connectivity index (χ0v) is 13.9. The molecule has 4 amide bonds. The van der Waals surface area contributed by atoms with Crippen molar-refractivity contribution in [2.45, 2.75) is 18.9 Å². The van der Waals surface area contributed by atoms with Gasteiger partial charge in [-0.25, -0.2) is 4.39 Å². The number of nitrogens with zero attached hydrogens (tertiary/aromatic N) is 2. The topological polar surface area (TPSA) is 124 Å². The molecule has 0 saturated carbocycles. The second kappa shape index (κ2) is 5.86. The van der Waals surface area contributed by atoms with Gasteiger partial charge in [-0.1, -0.05) is 0 Å². The minimum absolute atomic E-state index is 0.00617. The van der Waals surface area contributed by atoms with E-state index in [1.165, 1.54) is 11.0 Å². The number of fused-ring (bicyclic) bond motifs is 1. The highest BCUT2D eigenvalue weighted by molar-refractivity contribution is 6.23. The molecule has 0 radical (unpaired) electrons. The van der Waals surface area contributed by atoms with Crippen LogP contribution in [0.2, 0.25) is 0 Å². The van der Waals surface area contributed by atoms with Gasteiger partial charge in [0.25, 0.3) is 11.8 Å². The third-order valence-corrected chi connectivity index (χ3v) is 5.08. The van der Waals surface area contributed by atoms with Gasteiger partial charge < -0.3 is 10.0 Å². The van der Waals surface area contributed by atoms with Crippen molar-refractivity contribution in [3.05, 3.63) is 29.1 Å². The Morgan fingerprint density at radius 3 is 2.33 bits per heavy atom. The van der Waals surface area contributed by atoms with Gasteiger partial charge in [-0.15, -0.1) is 0 Å². The number of nitrogens with one attached hydrogen (secondary N) is 1. The fourth-order valence-corrected chi connectivity index (χ4v) is 3.55. The summed E-state index contributed by atoms with van der Waals surface area (Å²) in [6.45, 7) is 0.202. The summed E-state index contributed by atoms with van der Waals surface area (Å²) in [5.74, 6) is -5.09. The molecule has 4 rings (SSSR count). The number of carboxylic acid groups (broad SMARTS) is 1. The molecule has 1 aromatic rings. The molecule has 3 heterocycles. The van der Waals surface area contributed by atoms with E-state index in [1.54, 1.807) is 0 Å². The Morgan fingerprint density at radius 1 is 1.11 bits per heavy atom. The molecule has 0 bridgehead atoms. The molecule has 3 aliphatic heterocycles. The van der Waals surface area contributed by atoms with E-state index in [9.17, 15) is 28.4 Å². The number of hydrogen-bond acceptors (Lipinski definition) is 6. The van der Waals surface area contributed by atoms with Crippen LogP contribution in [0.15, 0.2) is 12.1 Å². The predicted molar refractivity (Wildman–Crippen MR) is 86.4 cm³/mol. The average Bonchev–Trinajstić information content (AvgIpc) is 2.78. The first-order valence-electron chi connectivity index (χ1n) is 8.31. The van der Waals surface area contributed by atoms with E-state index in [0.29, 0.717) is 0 Å². The molecule has 10 heteroatoms. The van der Waals surface area contributed by atoms with Crippen molar-refractivity contribution >= 4 is 35.3 Å². The molecule has 1 unspecified atom stereocenters. The maximum absolute atomic E-state index is 14.4. The van der Waals surface area contributed by atoms with Crippen LogP contribution in [-0.4, -0.2) is 58.7 Å². The maximum Gasteiger partial charge on any atom is 0.310 e. The number of imide groups is 2. The average molecular weight is 375 g/mol. The smallest absolute Gasteiger partial charge is 0.310 e. The minimum atomic E-state index is -1.12. The van der Waals surface area contributed by atoms with Crippen molar-refractivity contribution < 1.29 is 33.5 Å². The van der Waals surface area contributed by atoms with Crippen LogP contribution in [0.3, 0.4) is 0 Å². The van der Waals surface area contributed by atoms with E-state index >= 15 is 0 Å². The van der Waals surface area contributed by atoms with E-state index in [4.69, 9.17) is 5.11 Å². The lowest BCUT2D eigenvalue weighted by Gasteiger charge is -2.38. The Kier molecular flexibility index (Phi) is 3.72. The quantitative estimate of drug-likeness (QED) is 0.698. The normalized spacial score (nSPS) is 22.6. The van der Waals surface area contributed by atoms with E-state index in [-0.39, 0.29) is 42.7 Å². The number of carbonyl (C=O) groups excluding carboxylic acids is 4. The van der Waals surface area contributed by atoms with Gasteiger partial charge in [0.1, 0.15) is 11.9 Å².